The van der Waals surface area contributed by atoms with Gasteiger partial charge in [-0.2, -0.15) is 0 Å². The van der Waals surface area contributed by atoms with Crippen molar-refractivity contribution < 1.29 is 47.4 Å². The minimum atomic E-state index is -0.450. The summed E-state index contributed by atoms with van der Waals surface area (Å²) in [5.74, 6) is 0.0413. The van der Waals surface area contributed by atoms with E-state index >= 15 is 0 Å². The zero-order valence-corrected chi connectivity index (χ0v) is 27.5. The van der Waals surface area contributed by atoms with Crippen LogP contribution in [0.2, 0.25) is 0 Å². The van der Waals surface area contributed by atoms with E-state index in [0.29, 0.717) is 125 Å². The second-order valence-corrected chi connectivity index (χ2v) is 9.94. The highest BCUT2D eigenvalue weighted by atomic mass is 35.5. The Morgan fingerprint density at radius 3 is 1.28 bits per heavy atom. The topological polar surface area (TPSA) is 138 Å². The first-order chi connectivity index (χ1) is 22.3. The van der Waals surface area contributed by atoms with Gasteiger partial charge >= 0.3 is 6.09 Å². The molecule has 0 atom stereocenters. The van der Waals surface area contributed by atoms with Gasteiger partial charge in [-0.1, -0.05) is 48.5 Å². The van der Waals surface area contributed by atoms with Gasteiger partial charge in [0, 0.05) is 19.0 Å². The highest BCUT2D eigenvalue weighted by molar-refractivity contribution is 5.85. The molecule has 0 saturated heterocycles. The number of nitrogens with two attached hydrogens (primary N) is 1. The summed E-state index contributed by atoms with van der Waals surface area (Å²) in [6, 6.07) is 16.5. The molecule has 0 aromatic heterocycles. The summed E-state index contributed by atoms with van der Waals surface area (Å²) < 4.78 is 48.9. The third-order valence-electron chi connectivity index (χ3n) is 6.73. The van der Waals surface area contributed by atoms with Crippen molar-refractivity contribution in [3.05, 3.63) is 59.7 Å². The van der Waals surface area contributed by atoms with Crippen LogP contribution < -0.4 is 11.1 Å². The van der Waals surface area contributed by atoms with Crippen LogP contribution >= 0.6 is 12.4 Å². The molecule has 0 fully saturated rings. The maximum absolute atomic E-state index is 12.2. The number of halogens is 1. The number of rotatable bonds is 28. The Morgan fingerprint density at radius 2 is 0.891 bits per heavy atom. The number of amides is 1. The number of nitrogens with one attached hydrogen (secondary N) is 1. The van der Waals surface area contributed by atoms with Gasteiger partial charge in [0.25, 0.3) is 0 Å². The predicted molar refractivity (Wildman–Crippen MR) is 176 cm³/mol. The number of benzene rings is 2. The summed E-state index contributed by atoms with van der Waals surface area (Å²) in [4.78, 5) is 12.2. The number of carbonyl (C=O) groups is 1. The van der Waals surface area contributed by atoms with Crippen LogP contribution in [-0.2, 0) is 42.6 Å². The molecule has 0 saturated carbocycles. The minimum Gasteiger partial charge on any atom is -0.449 e. The standard InChI is InChI=1S/C33H50N2O10.ClH/c34-9-11-37-13-15-39-17-19-41-21-23-43-25-26-44-24-22-42-20-18-40-16-14-38-12-10-35-33(36)45-27-32-30-7-3-1-5-28(30)29-6-2-4-8-31(29)32;/h1-8,32H,9-27,34H2,(H,35,36);1H. The molecule has 0 spiro atoms. The summed E-state index contributed by atoms with van der Waals surface area (Å²) >= 11 is 0. The van der Waals surface area contributed by atoms with Crippen molar-refractivity contribution in [2.75, 3.05) is 125 Å². The highest BCUT2D eigenvalue weighted by Gasteiger charge is 2.28. The Morgan fingerprint density at radius 1 is 0.543 bits per heavy atom. The molecule has 12 nitrogen and oxygen atoms in total. The second kappa shape index (κ2) is 26.7. The van der Waals surface area contributed by atoms with Gasteiger partial charge in [-0.05, 0) is 22.3 Å². The Labute approximate surface area is 278 Å². The lowest BCUT2D eigenvalue weighted by Gasteiger charge is -2.14. The van der Waals surface area contributed by atoms with Crippen LogP contribution in [0.5, 0.6) is 0 Å². The van der Waals surface area contributed by atoms with E-state index in [9.17, 15) is 4.79 Å². The predicted octanol–water partition coefficient (Wildman–Crippen LogP) is 3.04. The van der Waals surface area contributed by atoms with E-state index in [4.69, 9.17) is 48.4 Å². The first-order valence-electron chi connectivity index (χ1n) is 15.7. The lowest BCUT2D eigenvalue weighted by atomic mass is 9.98. The molecule has 1 aliphatic carbocycles. The number of hydrogen-bond donors (Lipinski definition) is 2. The maximum Gasteiger partial charge on any atom is 0.407 e. The number of fused-ring (bicyclic) bond motifs is 3. The quantitative estimate of drug-likeness (QED) is 0.129. The third kappa shape index (κ3) is 16.5. The summed E-state index contributed by atoms with van der Waals surface area (Å²) in [5, 5.41) is 2.74. The van der Waals surface area contributed by atoms with Gasteiger partial charge in [0.05, 0.1) is 106 Å². The molecule has 0 bridgehead atoms. The Kier molecular flexibility index (Phi) is 23.1. The number of carbonyl (C=O) groups excluding carboxylic acids is 1. The fraction of sp³-hybridized carbons (Fsp3) is 0.606. The van der Waals surface area contributed by atoms with E-state index in [1.54, 1.807) is 0 Å². The molecule has 1 amide bonds. The molecule has 2 aromatic carbocycles. The van der Waals surface area contributed by atoms with E-state index < -0.39 is 6.09 Å². The van der Waals surface area contributed by atoms with Crippen molar-refractivity contribution >= 4 is 18.5 Å². The fourth-order valence-corrected chi connectivity index (χ4v) is 4.60. The molecule has 0 heterocycles. The molecule has 0 radical (unpaired) electrons. The van der Waals surface area contributed by atoms with Crippen LogP contribution in [0.1, 0.15) is 17.0 Å². The molecular formula is C33H51ClN2O10. The molecule has 3 N–H and O–H groups in total. The van der Waals surface area contributed by atoms with Crippen LogP contribution in [0.3, 0.4) is 0 Å². The van der Waals surface area contributed by atoms with Crippen molar-refractivity contribution in [3.63, 3.8) is 0 Å². The second-order valence-electron chi connectivity index (χ2n) is 9.94. The Hall–Kier alpha value is -2.36. The lowest BCUT2D eigenvalue weighted by Crippen LogP contribution is -2.29. The summed E-state index contributed by atoms with van der Waals surface area (Å²) in [5.41, 5.74) is 10.1. The lowest BCUT2D eigenvalue weighted by molar-refractivity contribution is -0.0228. The monoisotopic (exact) mass is 670 g/mol. The number of ether oxygens (including phenoxy) is 9. The normalized spacial score (nSPS) is 12.0. The molecule has 260 valence electrons. The van der Waals surface area contributed by atoms with Crippen molar-refractivity contribution in [2.24, 2.45) is 5.73 Å². The van der Waals surface area contributed by atoms with Crippen LogP contribution in [0.4, 0.5) is 4.79 Å². The van der Waals surface area contributed by atoms with Crippen molar-refractivity contribution in [3.8, 4) is 11.1 Å². The van der Waals surface area contributed by atoms with Gasteiger partial charge in [-0.3, -0.25) is 0 Å². The molecule has 2 aromatic rings. The first-order valence-corrected chi connectivity index (χ1v) is 15.7. The average molecular weight is 671 g/mol. The molecule has 3 rings (SSSR count). The maximum atomic E-state index is 12.2. The van der Waals surface area contributed by atoms with Gasteiger partial charge in [-0.15, -0.1) is 12.4 Å². The van der Waals surface area contributed by atoms with Crippen LogP contribution in [0, 0.1) is 0 Å². The zero-order valence-electron chi connectivity index (χ0n) is 26.7. The average Bonchev–Trinajstić information content (AvgIpc) is 3.39. The van der Waals surface area contributed by atoms with Crippen molar-refractivity contribution in [1.82, 2.24) is 5.32 Å². The molecule has 0 aliphatic heterocycles. The fourth-order valence-electron chi connectivity index (χ4n) is 4.60. The molecule has 13 heteroatoms. The van der Waals surface area contributed by atoms with E-state index in [2.05, 4.69) is 29.6 Å². The first kappa shape index (κ1) is 39.8. The van der Waals surface area contributed by atoms with Crippen LogP contribution in [0.25, 0.3) is 11.1 Å². The molecule has 0 unspecified atom stereocenters. The van der Waals surface area contributed by atoms with Gasteiger partial charge in [-0.25, -0.2) is 4.79 Å². The van der Waals surface area contributed by atoms with E-state index in [0.717, 1.165) is 0 Å². The number of hydrogen-bond acceptors (Lipinski definition) is 11. The highest BCUT2D eigenvalue weighted by Crippen LogP contribution is 2.44. The summed E-state index contributed by atoms with van der Waals surface area (Å²) in [7, 11) is 0. The summed E-state index contributed by atoms with van der Waals surface area (Å²) in [6.07, 6.45) is -0.450. The van der Waals surface area contributed by atoms with E-state index in [1.807, 2.05) is 24.3 Å². The van der Waals surface area contributed by atoms with Crippen molar-refractivity contribution in [1.29, 1.82) is 0 Å². The third-order valence-corrected chi connectivity index (χ3v) is 6.73. The Balaban J connectivity index is 0.00000736. The van der Waals surface area contributed by atoms with E-state index in [-0.39, 0.29) is 18.3 Å². The molecular weight excluding hydrogens is 620 g/mol. The largest absolute Gasteiger partial charge is 0.449 e. The smallest absolute Gasteiger partial charge is 0.407 e. The minimum absolute atomic E-state index is 0. The van der Waals surface area contributed by atoms with Crippen LogP contribution in [0.15, 0.2) is 48.5 Å². The van der Waals surface area contributed by atoms with Gasteiger partial charge in [0.15, 0.2) is 0 Å². The van der Waals surface area contributed by atoms with Gasteiger partial charge < -0.3 is 53.7 Å². The SMILES string of the molecule is Cl.NCCOCCOCCOCCOCCOCCOCCOCCOCCNC(=O)OCC1c2ccccc2-c2ccccc21. The van der Waals surface area contributed by atoms with Gasteiger partial charge in [0.2, 0.25) is 0 Å². The number of alkyl carbamates (subject to hydrolysis) is 1. The van der Waals surface area contributed by atoms with Crippen LogP contribution in [-0.4, -0.2) is 131 Å². The van der Waals surface area contributed by atoms with Gasteiger partial charge in [0.1, 0.15) is 6.61 Å². The summed E-state index contributed by atoms with van der Waals surface area (Å²) in [6.45, 7) is 9.06. The molecule has 1 aliphatic rings. The zero-order chi connectivity index (χ0) is 31.6. The Bertz CT molecular complexity index is 1010. The van der Waals surface area contributed by atoms with Crippen molar-refractivity contribution in [2.45, 2.75) is 5.92 Å². The van der Waals surface area contributed by atoms with E-state index in [1.165, 1.54) is 22.3 Å². The molecule has 46 heavy (non-hydrogen) atoms.